The molecule has 2 rings (SSSR count). The normalized spacial score (nSPS) is 8.67. The summed E-state index contributed by atoms with van der Waals surface area (Å²) in [5, 5.41) is 12.1. The number of nitrogens with one attached hydrogen (secondary N) is 1. The Morgan fingerprint density at radius 1 is 1.11 bits per heavy atom. The first-order valence-corrected chi connectivity index (χ1v) is 4.83. The van der Waals surface area contributed by atoms with Crippen LogP contribution in [0.3, 0.4) is 0 Å². The molecule has 0 aliphatic carbocycles. The third-order valence-corrected chi connectivity index (χ3v) is 2.13. The maximum atomic E-state index is 11.7. The Morgan fingerprint density at radius 3 is 2.33 bits per heavy atom. The zero-order chi connectivity index (χ0) is 11.4. The summed E-state index contributed by atoms with van der Waals surface area (Å²) in [6, 6.07) is 16.1. The van der Waals surface area contributed by atoms with Gasteiger partial charge in [0.15, 0.2) is 0 Å². The Balaban J connectivity index is 0.00000144. The number of para-hydroxylation sites is 2. The number of hydrogen-bond donors (Lipinski definition) is 2. The predicted molar refractivity (Wildman–Crippen MR) is 67.8 cm³/mol. The molecule has 0 aliphatic heterocycles. The second-order valence-corrected chi connectivity index (χ2v) is 3.26. The van der Waals surface area contributed by atoms with Crippen LogP contribution in [0.4, 0.5) is 5.69 Å². The van der Waals surface area contributed by atoms with E-state index in [4.69, 9.17) is 0 Å². The number of phenols is 1. The number of aromatic hydroxyl groups is 1. The second-order valence-electron chi connectivity index (χ2n) is 3.26. The van der Waals surface area contributed by atoms with Crippen molar-refractivity contribution in [2.75, 3.05) is 5.32 Å². The first kappa shape index (κ1) is 16.8. The van der Waals surface area contributed by atoms with Crippen molar-refractivity contribution in [3.8, 4) is 5.75 Å². The molecule has 91 valence electrons. The molecule has 0 atom stereocenters. The molecule has 18 heavy (non-hydrogen) atoms. The van der Waals surface area contributed by atoms with Gasteiger partial charge in [0.05, 0.1) is 5.69 Å². The van der Waals surface area contributed by atoms with Crippen LogP contribution >= 0.6 is 0 Å². The average Bonchev–Trinajstić information content (AvgIpc) is 2.33. The quantitative estimate of drug-likeness (QED) is 0.661. The van der Waals surface area contributed by atoms with Crippen molar-refractivity contribution in [2.45, 2.75) is 0 Å². The fourth-order valence-electron chi connectivity index (χ4n) is 1.31. The van der Waals surface area contributed by atoms with E-state index in [-0.39, 0.29) is 51.8 Å². The van der Waals surface area contributed by atoms with Crippen LogP contribution in [0.25, 0.3) is 0 Å². The molecule has 0 unspecified atom stereocenters. The number of phenolic OH excluding ortho intramolecular Hbond substituents is 1. The van der Waals surface area contributed by atoms with Gasteiger partial charge in [-0.1, -0.05) is 17.7 Å². The van der Waals surface area contributed by atoms with Gasteiger partial charge in [0.1, 0.15) is 5.75 Å². The zero-order valence-corrected chi connectivity index (χ0v) is 12.9. The number of rotatable bonds is 2. The Hall–Kier alpha value is -1.19. The van der Waals surface area contributed by atoms with E-state index in [1.54, 1.807) is 42.5 Å². The third-order valence-electron chi connectivity index (χ3n) is 2.13. The molecule has 0 aliphatic rings. The topological polar surface area (TPSA) is 49.3 Å². The maximum absolute atomic E-state index is 11.7. The van der Waals surface area contributed by atoms with Gasteiger partial charge in [-0.15, -0.1) is 0 Å². The number of anilines is 1. The van der Waals surface area contributed by atoms with Crippen LogP contribution < -0.4 is 5.32 Å². The molecule has 0 fully saturated rings. The van der Waals surface area contributed by atoms with Crippen LogP contribution in [0, 0.1) is 13.5 Å². The third kappa shape index (κ3) is 4.24. The van der Waals surface area contributed by atoms with Crippen molar-refractivity contribution < 1.29 is 42.6 Å². The van der Waals surface area contributed by atoms with Crippen molar-refractivity contribution >= 4 is 11.6 Å². The summed E-state index contributed by atoms with van der Waals surface area (Å²) in [6.45, 7) is 0. The molecule has 4 heteroatoms. The summed E-state index contributed by atoms with van der Waals surface area (Å²) in [7, 11) is 0. The summed E-state index contributed by atoms with van der Waals surface area (Å²) in [5.74, 6) is -0.200. The zero-order valence-electron chi connectivity index (χ0n) is 10.1. The van der Waals surface area contributed by atoms with Crippen molar-refractivity contribution in [1.29, 1.82) is 0 Å². The minimum atomic E-state index is -0.254. The molecular weight excluding hydrogens is 303 g/mol. The molecule has 2 aromatic rings. The monoisotopic (exact) mass is 316 g/mol. The SMILES string of the molecule is O=C(Nc1ccccc1O)c1cc[c-]cc1.[CH3-].[Y]. The molecular formula is C14H13NO2Y-2. The smallest absolute Gasteiger partial charge is 0.231 e. The van der Waals surface area contributed by atoms with E-state index in [2.05, 4.69) is 11.4 Å². The Bertz CT molecular complexity index is 500. The molecule has 0 heterocycles. The standard InChI is InChI=1S/C13H10NO2.CH3.Y/c15-12-9-5-4-8-11(12)14-13(16)10-6-2-1-3-7-10;;/h2-9,15H,(H,14,16);1H3;/q2*-1;. The number of carbonyl (C=O) groups excluding carboxylic acids is 1. The van der Waals surface area contributed by atoms with Crippen LogP contribution in [-0.4, -0.2) is 11.0 Å². The Morgan fingerprint density at radius 2 is 1.72 bits per heavy atom. The van der Waals surface area contributed by atoms with E-state index >= 15 is 0 Å². The van der Waals surface area contributed by atoms with Crippen LogP contribution in [0.2, 0.25) is 0 Å². The molecule has 0 saturated heterocycles. The second kappa shape index (κ2) is 8.01. The molecule has 2 N–H and O–H groups in total. The van der Waals surface area contributed by atoms with Gasteiger partial charge in [-0.3, -0.25) is 4.79 Å². The van der Waals surface area contributed by atoms with E-state index in [1.165, 1.54) is 6.07 Å². The van der Waals surface area contributed by atoms with Crippen LogP contribution in [0.15, 0.2) is 48.5 Å². The van der Waals surface area contributed by atoms with Crippen molar-refractivity contribution in [3.63, 3.8) is 0 Å². The molecule has 0 bridgehead atoms. The first-order valence-electron chi connectivity index (χ1n) is 4.83. The van der Waals surface area contributed by atoms with Gasteiger partial charge in [0, 0.05) is 32.7 Å². The minimum Gasteiger partial charge on any atom is -0.506 e. The van der Waals surface area contributed by atoms with E-state index in [1.807, 2.05) is 0 Å². The van der Waals surface area contributed by atoms with Crippen LogP contribution in [0.5, 0.6) is 5.75 Å². The predicted octanol–water partition coefficient (Wildman–Crippen LogP) is 2.89. The summed E-state index contributed by atoms with van der Waals surface area (Å²) >= 11 is 0. The fraction of sp³-hybridized carbons (Fsp3) is 0. The molecule has 0 saturated carbocycles. The van der Waals surface area contributed by atoms with Crippen molar-refractivity contribution in [3.05, 3.63) is 67.6 Å². The molecule has 3 nitrogen and oxygen atoms in total. The average molecular weight is 316 g/mol. The first-order chi connectivity index (χ1) is 7.77. The number of hydrogen-bond acceptors (Lipinski definition) is 2. The van der Waals surface area contributed by atoms with Crippen LogP contribution in [0.1, 0.15) is 10.4 Å². The Labute approximate surface area is 132 Å². The maximum Gasteiger partial charge on any atom is 0.231 e. The van der Waals surface area contributed by atoms with E-state index < -0.39 is 0 Å². The van der Waals surface area contributed by atoms with E-state index in [9.17, 15) is 9.90 Å². The molecule has 0 spiro atoms. The van der Waals surface area contributed by atoms with Gasteiger partial charge >= 0.3 is 0 Å². The Kier molecular flexibility index (Phi) is 7.48. The van der Waals surface area contributed by atoms with Gasteiger partial charge < -0.3 is 17.8 Å². The van der Waals surface area contributed by atoms with Crippen molar-refractivity contribution in [2.24, 2.45) is 0 Å². The molecule has 1 radical (unpaired) electrons. The minimum absolute atomic E-state index is 0. The van der Waals surface area contributed by atoms with Crippen LogP contribution in [-0.2, 0) is 32.7 Å². The summed E-state index contributed by atoms with van der Waals surface area (Å²) < 4.78 is 0. The fourth-order valence-corrected chi connectivity index (χ4v) is 1.31. The molecule has 2 aromatic carbocycles. The summed E-state index contributed by atoms with van der Waals surface area (Å²) in [4.78, 5) is 11.7. The van der Waals surface area contributed by atoms with Gasteiger partial charge in [-0.25, -0.2) is 0 Å². The number of carbonyl (C=O) groups is 1. The van der Waals surface area contributed by atoms with Gasteiger partial charge in [0.2, 0.25) is 5.91 Å². The summed E-state index contributed by atoms with van der Waals surface area (Å²) in [6.07, 6.45) is 0. The largest absolute Gasteiger partial charge is 0.506 e. The van der Waals surface area contributed by atoms with Crippen molar-refractivity contribution in [1.82, 2.24) is 0 Å². The van der Waals surface area contributed by atoms with Gasteiger partial charge in [-0.2, -0.15) is 30.3 Å². The van der Waals surface area contributed by atoms with Gasteiger partial charge in [-0.05, 0) is 12.1 Å². The number of amides is 1. The number of benzene rings is 2. The van der Waals surface area contributed by atoms with Gasteiger partial charge in [0.25, 0.3) is 0 Å². The molecule has 0 aromatic heterocycles. The summed E-state index contributed by atoms with van der Waals surface area (Å²) in [5.41, 5.74) is 0.933. The van der Waals surface area contributed by atoms with E-state index in [0.29, 0.717) is 11.3 Å². The van der Waals surface area contributed by atoms with E-state index in [0.717, 1.165) is 0 Å². The molecule has 1 amide bonds.